The Balaban J connectivity index is 1.41. The van der Waals surface area contributed by atoms with Crippen LogP contribution in [0.5, 0.6) is 0 Å². The zero-order valence-corrected chi connectivity index (χ0v) is 16.0. The second-order valence-corrected chi connectivity index (χ2v) is 9.70. The molecular formula is C19H26N2O4S. The van der Waals surface area contributed by atoms with Gasteiger partial charge in [-0.1, -0.05) is 12.1 Å². The lowest BCUT2D eigenvalue weighted by atomic mass is 9.80. The molecule has 3 saturated heterocycles. The van der Waals surface area contributed by atoms with Crippen molar-refractivity contribution >= 4 is 15.9 Å². The zero-order valence-electron chi connectivity index (χ0n) is 15.2. The van der Waals surface area contributed by atoms with Crippen LogP contribution in [-0.4, -0.2) is 61.9 Å². The minimum atomic E-state index is -3.46. The van der Waals surface area contributed by atoms with E-state index in [1.807, 2.05) is 17.9 Å². The van der Waals surface area contributed by atoms with Gasteiger partial charge in [-0.05, 0) is 49.8 Å². The molecule has 0 saturated carbocycles. The molecule has 3 aliphatic heterocycles. The van der Waals surface area contributed by atoms with Gasteiger partial charge in [0.05, 0.1) is 10.5 Å². The Hall–Kier alpha value is -1.44. The van der Waals surface area contributed by atoms with Gasteiger partial charge in [0.25, 0.3) is 0 Å². The van der Waals surface area contributed by atoms with Crippen molar-refractivity contribution in [1.82, 2.24) is 9.21 Å². The predicted octanol–water partition coefficient (Wildman–Crippen LogP) is 1.79. The van der Waals surface area contributed by atoms with E-state index in [1.165, 1.54) is 4.31 Å². The number of rotatable bonds is 5. The summed E-state index contributed by atoms with van der Waals surface area (Å²) in [5.74, 6) is 0.565. The number of likely N-dealkylation sites (tertiary alicyclic amines) is 1. The molecule has 1 amide bonds. The molecule has 1 atom stereocenters. The molecular weight excluding hydrogens is 352 g/mol. The summed E-state index contributed by atoms with van der Waals surface area (Å²) in [7, 11) is -3.46. The van der Waals surface area contributed by atoms with E-state index in [4.69, 9.17) is 4.74 Å². The molecule has 0 radical (unpaired) electrons. The van der Waals surface area contributed by atoms with Gasteiger partial charge in [0, 0.05) is 39.2 Å². The summed E-state index contributed by atoms with van der Waals surface area (Å²) in [5, 5.41) is 0. The normalized spacial score (nSPS) is 25.8. The molecule has 0 aromatic heterocycles. The van der Waals surface area contributed by atoms with E-state index in [0.29, 0.717) is 36.9 Å². The number of aryl methyl sites for hydroxylation is 1. The summed E-state index contributed by atoms with van der Waals surface area (Å²) < 4.78 is 33.2. The second-order valence-electron chi connectivity index (χ2n) is 7.76. The molecule has 3 fully saturated rings. The summed E-state index contributed by atoms with van der Waals surface area (Å²) in [5.41, 5.74) is 0.575. The number of hydrogen-bond donors (Lipinski definition) is 0. The van der Waals surface area contributed by atoms with E-state index in [1.54, 1.807) is 18.2 Å². The van der Waals surface area contributed by atoms with Crippen LogP contribution < -0.4 is 0 Å². The SMILES string of the molecule is Cc1cccc(S(=O)(=O)N2CC3(C2)OCC[C@@H]3CCN2CCCC2=O)c1. The quantitative estimate of drug-likeness (QED) is 0.783. The van der Waals surface area contributed by atoms with Crippen LogP contribution in [0.25, 0.3) is 0 Å². The lowest BCUT2D eigenvalue weighted by molar-refractivity contribution is -0.128. The molecule has 0 aliphatic carbocycles. The van der Waals surface area contributed by atoms with Crippen molar-refractivity contribution in [3.05, 3.63) is 29.8 Å². The average Bonchev–Trinajstić information content (AvgIpc) is 3.17. The first-order valence-corrected chi connectivity index (χ1v) is 10.8. The van der Waals surface area contributed by atoms with Gasteiger partial charge in [-0.15, -0.1) is 0 Å². The first-order chi connectivity index (χ1) is 12.4. The molecule has 3 aliphatic rings. The monoisotopic (exact) mass is 378 g/mol. The molecule has 0 bridgehead atoms. The molecule has 1 spiro atoms. The number of nitrogens with zero attached hydrogens (tertiary/aromatic N) is 2. The molecule has 0 unspecified atom stereocenters. The number of carbonyl (C=O) groups is 1. The highest BCUT2D eigenvalue weighted by Crippen LogP contribution is 2.43. The Morgan fingerprint density at radius 1 is 1.31 bits per heavy atom. The summed E-state index contributed by atoms with van der Waals surface area (Å²) in [6, 6.07) is 7.04. The van der Waals surface area contributed by atoms with Gasteiger partial charge < -0.3 is 9.64 Å². The van der Waals surface area contributed by atoms with Gasteiger partial charge in [-0.25, -0.2) is 8.42 Å². The fraction of sp³-hybridized carbons (Fsp3) is 0.632. The molecule has 4 rings (SSSR count). The van der Waals surface area contributed by atoms with Gasteiger partial charge in [0.15, 0.2) is 0 Å². The Labute approximate surface area is 155 Å². The third-order valence-electron chi connectivity index (χ3n) is 6.03. The first kappa shape index (κ1) is 17.9. The number of ether oxygens (including phenoxy) is 1. The number of sulfonamides is 1. The minimum Gasteiger partial charge on any atom is -0.372 e. The summed E-state index contributed by atoms with van der Waals surface area (Å²) >= 11 is 0. The maximum absolute atomic E-state index is 12.8. The van der Waals surface area contributed by atoms with Crippen LogP contribution in [0, 0.1) is 12.8 Å². The van der Waals surface area contributed by atoms with Crippen LogP contribution in [0.2, 0.25) is 0 Å². The molecule has 142 valence electrons. The first-order valence-electron chi connectivity index (χ1n) is 9.39. The van der Waals surface area contributed by atoms with Crippen molar-refractivity contribution in [3.63, 3.8) is 0 Å². The topological polar surface area (TPSA) is 66.9 Å². The van der Waals surface area contributed by atoms with Crippen LogP contribution in [0.15, 0.2) is 29.2 Å². The molecule has 6 nitrogen and oxygen atoms in total. The minimum absolute atomic E-state index is 0.246. The van der Waals surface area contributed by atoms with E-state index >= 15 is 0 Å². The molecule has 0 N–H and O–H groups in total. The standard InChI is InChI=1S/C19H26N2O4S/c1-15-4-2-5-17(12-15)26(23,24)21-13-19(14-21)16(8-11-25-19)7-10-20-9-3-6-18(20)22/h2,4-5,12,16H,3,6-11,13-14H2,1H3/t16-/m0/s1. The van der Waals surface area contributed by atoms with E-state index in [-0.39, 0.29) is 11.5 Å². The third-order valence-corrected chi connectivity index (χ3v) is 7.82. The van der Waals surface area contributed by atoms with E-state index in [0.717, 1.165) is 37.9 Å². The molecule has 3 heterocycles. The molecule has 7 heteroatoms. The average molecular weight is 378 g/mol. The van der Waals surface area contributed by atoms with Gasteiger partial charge >= 0.3 is 0 Å². The predicted molar refractivity (Wildman–Crippen MR) is 97.2 cm³/mol. The van der Waals surface area contributed by atoms with Crippen molar-refractivity contribution < 1.29 is 17.9 Å². The number of hydrogen-bond acceptors (Lipinski definition) is 4. The van der Waals surface area contributed by atoms with E-state index in [2.05, 4.69) is 0 Å². The van der Waals surface area contributed by atoms with Gasteiger partial charge in [-0.2, -0.15) is 4.31 Å². The fourth-order valence-electron chi connectivity index (χ4n) is 4.44. The van der Waals surface area contributed by atoms with Gasteiger partial charge in [0.2, 0.25) is 15.9 Å². The van der Waals surface area contributed by atoms with Crippen LogP contribution in [-0.2, 0) is 19.6 Å². The smallest absolute Gasteiger partial charge is 0.243 e. The van der Waals surface area contributed by atoms with E-state index in [9.17, 15) is 13.2 Å². The zero-order chi connectivity index (χ0) is 18.4. The summed E-state index contributed by atoms with van der Waals surface area (Å²) in [6.45, 7) is 5.03. The largest absolute Gasteiger partial charge is 0.372 e. The number of amides is 1. The number of benzene rings is 1. The summed E-state index contributed by atoms with van der Waals surface area (Å²) in [6.07, 6.45) is 3.45. The van der Waals surface area contributed by atoms with Crippen LogP contribution in [0.4, 0.5) is 0 Å². The maximum Gasteiger partial charge on any atom is 0.243 e. The highest BCUT2D eigenvalue weighted by atomic mass is 32.2. The van der Waals surface area contributed by atoms with Crippen LogP contribution in [0.1, 0.15) is 31.2 Å². The van der Waals surface area contributed by atoms with Crippen molar-refractivity contribution in [2.24, 2.45) is 5.92 Å². The second kappa shape index (κ2) is 6.62. The Morgan fingerprint density at radius 2 is 2.12 bits per heavy atom. The maximum atomic E-state index is 12.8. The van der Waals surface area contributed by atoms with Crippen LogP contribution in [0.3, 0.4) is 0 Å². The van der Waals surface area contributed by atoms with Crippen LogP contribution >= 0.6 is 0 Å². The van der Waals surface area contributed by atoms with Gasteiger partial charge in [0.1, 0.15) is 0 Å². The molecule has 26 heavy (non-hydrogen) atoms. The third kappa shape index (κ3) is 3.06. The number of carbonyl (C=O) groups excluding carboxylic acids is 1. The van der Waals surface area contributed by atoms with E-state index < -0.39 is 10.0 Å². The van der Waals surface area contributed by atoms with Crippen molar-refractivity contribution in [3.8, 4) is 0 Å². The highest BCUT2D eigenvalue weighted by Gasteiger charge is 2.56. The van der Waals surface area contributed by atoms with Crippen molar-refractivity contribution in [1.29, 1.82) is 0 Å². The fourth-order valence-corrected chi connectivity index (χ4v) is 6.10. The Bertz CT molecular complexity index is 802. The highest BCUT2D eigenvalue weighted by molar-refractivity contribution is 7.89. The Morgan fingerprint density at radius 3 is 2.81 bits per heavy atom. The summed E-state index contributed by atoms with van der Waals surface area (Å²) in [4.78, 5) is 14.1. The molecule has 1 aromatic rings. The Kier molecular flexibility index (Phi) is 4.57. The van der Waals surface area contributed by atoms with Crippen molar-refractivity contribution in [2.75, 3.05) is 32.8 Å². The lowest BCUT2D eigenvalue weighted by Gasteiger charge is -2.49. The van der Waals surface area contributed by atoms with Gasteiger partial charge in [-0.3, -0.25) is 4.79 Å². The lowest BCUT2D eigenvalue weighted by Crippen LogP contribution is -2.66. The molecule has 1 aromatic carbocycles. The van der Waals surface area contributed by atoms with Crippen molar-refractivity contribution in [2.45, 2.75) is 43.1 Å².